The van der Waals surface area contributed by atoms with Gasteiger partial charge in [-0.3, -0.25) is 0 Å². The Morgan fingerprint density at radius 2 is 2.37 bits per heavy atom. The first-order valence-electron chi connectivity index (χ1n) is 6.78. The van der Waals surface area contributed by atoms with Crippen molar-refractivity contribution in [1.29, 1.82) is 0 Å². The van der Waals surface area contributed by atoms with Crippen molar-refractivity contribution in [3.05, 3.63) is 23.6 Å². The lowest BCUT2D eigenvalue weighted by molar-refractivity contribution is 0.612. The number of pyridine rings is 1. The Labute approximate surface area is 114 Å². The zero-order chi connectivity index (χ0) is 13.7. The molecule has 19 heavy (non-hydrogen) atoms. The largest absolute Gasteiger partial charge is 0.345 e. The Morgan fingerprint density at radius 3 is 3.00 bits per heavy atom. The Balaban J connectivity index is 2.20. The van der Waals surface area contributed by atoms with Crippen molar-refractivity contribution in [3.63, 3.8) is 0 Å². The van der Waals surface area contributed by atoms with Crippen LogP contribution >= 0.6 is 0 Å². The second-order valence-corrected chi connectivity index (χ2v) is 4.94. The van der Waals surface area contributed by atoms with Crippen LogP contribution in [0, 0.1) is 24.1 Å². The Kier molecular flexibility index (Phi) is 4.75. The summed E-state index contributed by atoms with van der Waals surface area (Å²) in [6.45, 7) is 4.92. The van der Waals surface area contributed by atoms with E-state index in [0.29, 0.717) is 19.0 Å². The van der Waals surface area contributed by atoms with Crippen molar-refractivity contribution in [2.24, 2.45) is 5.92 Å². The number of rotatable bonds is 7. The first-order chi connectivity index (χ1) is 9.24. The molecule has 1 N–H and O–H groups in total. The summed E-state index contributed by atoms with van der Waals surface area (Å²) in [5, 5.41) is 3.21. The van der Waals surface area contributed by atoms with Gasteiger partial charge in [0, 0.05) is 18.7 Å². The number of hydrogen-bond acceptors (Lipinski definition) is 3. The third kappa shape index (κ3) is 3.93. The van der Waals surface area contributed by atoms with Gasteiger partial charge in [0.15, 0.2) is 0 Å². The highest BCUT2D eigenvalue weighted by Gasteiger charge is 2.25. The van der Waals surface area contributed by atoms with Crippen LogP contribution in [-0.4, -0.2) is 24.6 Å². The molecule has 1 fully saturated rings. The van der Waals surface area contributed by atoms with Crippen molar-refractivity contribution in [3.8, 4) is 12.3 Å². The molecule has 1 heterocycles. The highest BCUT2D eigenvalue weighted by Crippen LogP contribution is 2.31. The van der Waals surface area contributed by atoms with E-state index in [-0.39, 0.29) is 5.82 Å². The second-order valence-electron chi connectivity index (χ2n) is 4.94. The number of terminal acetylenes is 1. The summed E-state index contributed by atoms with van der Waals surface area (Å²) >= 11 is 0. The zero-order valence-corrected chi connectivity index (χ0v) is 11.3. The zero-order valence-electron chi connectivity index (χ0n) is 11.3. The Hall–Kier alpha value is -1.60. The van der Waals surface area contributed by atoms with E-state index in [1.807, 2.05) is 6.92 Å². The normalized spacial score (nSPS) is 14.2. The van der Waals surface area contributed by atoms with E-state index in [1.54, 1.807) is 6.07 Å². The maximum atomic E-state index is 13.3. The van der Waals surface area contributed by atoms with E-state index in [1.165, 1.54) is 19.0 Å². The molecular formula is C15H20FN3. The lowest BCUT2D eigenvalue weighted by Gasteiger charge is -2.24. The van der Waals surface area contributed by atoms with E-state index >= 15 is 0 Å². The van der Waals surface area contributed by atoms with Crippen molar-refractivity contribution in [1.82, 2.24) is 10.3 Å². The van der Waals surface area contributed by atoms with Gasteiger partial charge < -0.3 is 10.2 Å². The molecule has 0 radical (unpaired) electrons. The summed E-state index contributed by atoms with van der Waals surface area (Å²) < 4.78 is 13.3. The average molecular weight is 261 g/mol. The van der Waals surface area contributed by atoms with E-state index in [0.717, 1.165) is 24.5 Å². The molecule has 1 saturated carbocycles. The summed E-state index contributed by atoms with van der Waals surface area (Å²) in [7, 11) is 0. The minimum absolute atomic E-state index is 0.302. The van der Waals surface area contributed by atoms with Crippen LogP contribution in [0.5, 0.6) is 0 Å². The van der Waals surface area contributed by atoms with Crippen molar-refractivity contribution in [2.45, 2.75) is 26.3 Å². The molecule has 4 heteroatoms. The summed E-state index contributed by atoms with van der Waals surface area (Å²) in [6, 6.07) is 1.54. The van der Waals surface area contributed by atoms with Gasteiger partial charge in [-0.2, -0.15) is 0 Å². The summed E-state index contributed by atoms with van der Waals surface area (Å²) in [5.74, 6) is 3.89. The van der Waals surface area contributed by atoms with Gasteiger partial charge in [0.05, 0.1) is 12.7 Å². The van der Waals surface area contributed by atoms with Crippen LogP contribution in [0.4, 0.5) is 10.2 Å². The standard InChI is InChI=1S/C15H20FN3/c1-3-7-19(11-12-5-6-12)15-13(9-17-4-2)8-14(16)10-18-15/h1,8,10,12,17H,4-7,9,11H2,2H3. The monoisotopic (exact) mass is 261 g/mol. The maximum absolute atomic E-state index is 13.3. The number of nitrogens with one attached hydrogen (secondary N) is 1. The van der Waals surface area contributed by atoms with Gasteiger partial charge in [0.2, 0.25) is 0 Å². The Morgan fingerprint density at radius 1 is 1.58 bits per heavy atom. The molecule has 0 aromatic carbocycles. The molecule has 1 aliphatic rings. The number of aromatic nitrogens is 1. The topological polar surface area (TPSA) is 28.2 Å². The first kappa shape index (κ1) is 13.8. The van der Waals surface area contributed by atoms with E-state index in [2.05, 4.69) is 21.1 Å². The molecule has 0 spiro atoms. The van der Waals surface area contributed by atoms with Gasteiger partial charge >= 0.3 is 0 Å². The van der Waals surface area contributed by atoms with E-state index in [4.69, 9.17) is 6.42 Å². The van der Waals surface area contributed by atoms with Gasteiger partial charge in [0.1, 0.15) is 11.6 Å². The van der Waals surface area contributed by atoms with Crippen molar-refractivity contribution < 1.29 is 4.39 Å². The SMILES string of the molecule is C#CCN(CC1CC1)c1ncc(F)cc1CNCC. The molecule has 0 bridgehead atoms. The molecule has 3 nitrogen and oxygen atoms in total. The highest BCUT2D eigenvalue weighted by atomic mass is 19.1. The molecule has 0 saturated heterocycles. The summed E-state index contributed by atoms with van der Waals surface area (Å²) in [5.41, 5.74) is 0.873. The summed E-state index contributed by atoms with van der Waals surface area (Å²) in [6.07, 6.45) is 9.21. The van der Waals surface area contributed by atoms with E-state index < -0.39 is 0 Å². The third-order valence-corrected chi connectivity index (χ3v) is 3.23. The third-order valence-electron chi connectivity index (χ3n) is 3.23. The predicted octanol–water partition coefficient (Wildman–Crippen LogP) is 2.18. The fraction of sp³-hybridized carbons (Fsp3) is 0.533. The Bertz CT molecular complexity index is 463. The number of hydrogen-bond donors (Lipinski definition) is 1. The quantitative estimate of drug-likeness (QED) is 0.763. The van der Waals surface area contributed by atoms with Crippen LogP contribution in [0.25, 0.3) is 0 Å². The molecule has 0 aliphatic heterocycles. The lowest BCUT2D eigenvalue weighted by atomic mass is 10.2. The van der Waals surface area contributed by atoms with Crippen LogP contribution in [0.2, 0.25) is 0 Å². The number of nitrogens with zero attached hydrogens (tertiary/aromatic N) is 2. The molecule has 1 aromatic rings. The fourth-order valence-corrected chi connectivity index (χ4v) is 2.10. The number of halogens is 1. The summed E-state index contributed by atoms with van der Waals surface area (Å²) in [4.78, 5) is 6.33. The van der Waals surface area contributed by atoms with E-state index in [9.17, 15) is 4.39 Å². The molecular weight excluding hydrogens is 241 g/mol. The molecule has 0 amide bonds. The highest BCUT2D eigenvalue weighted by molar-refractivity contribution is 5.48. The second kappa shape index (κ2) is 6.53. The molecule has 1 aliphatic carbocycles. The van der Waals surface area contributed by atoms with Crippen LogP contribution in [0.1, 0.15) is 25.3 Å². The minimum atomic E-state index is -0.302. The molecule has 0 unspecified atom stereocenters. The van der Waals surface area contributed by atoms with Crippen molar-refractivity contribution >= 4 is 5.82 Å². The molecule has 2 rings (SSSR count). The number of anilines is 1. The molecule has 0 atom stereocenters. The van der Waals surface area contributed by atoms with Crippen LogP contribution in [-0.2, 0) is 6.54 Å². The van der Waals surface area contributed by atoms with Crippen LogP contribution in [0.3, 0.4) is 0 Å². The minimum Gasteiger partial charge on any atom is -0.345 e. The van der Waals surface area contributed by atoms with Gasteiger partial charge in [-0.15, -0.1) is 6.42 Å². The van der Waals surface area contributed by atoms with Crippen LogP contribution < -0.4 is 10.2 Å². The molecule has 1 aromatic heterocycles. The van der Waals surface area contributed by atoms with Gasteiger partial charge in [-0.1, -0.05) is 12.8 Å². The predicted molar refractivity (Wildman–Crippen MR) is 75.3 cm³/mol. The van der Waals surface area contributed by atoms with Crippen LogP contribution in [0.15, 0.2) is 12.3 Å². The smallest absolute Gasteiger partial charge is 0.141 e. The van der Waals surface area contributed by atoms with Crippen molar-refractivity contribution in [2.75, 3.05) is 24.5 Å². The average Bonchev–Trinajstić information content (AvgIpc) is 3.20. The van der Waals surface area contributed by atoms with Gasteiger partial charge in [-0.25, -0.2) is 9.37 Å². The molecule has 102 valence electrons. The van der Waals surface area contributed by atoms with Gasteiger partial charge in [-0.05, 0) is 31.4 Å². The lowest BCUT2D eigenvalue weighted by Crippen LogP contribution is -2.29. The fourth-order valence-electron chi connectivity index (χ4n) is 2.10. The van der Waals surface area contributed by atoms with Gasteiger partial charge in [0.25, 0.3) is 0 Å². The first-order valence-corrected chi connectivity index (χ1v) is 6.78. The maximum Gasteiger partial charge on any atom is 0.141 e.